The zero-order valence-corrected chi connectivity index (χ0v) is 28.7. The number of fused-ring (bicyclic) bond motifs is 16. The maximum atomic E-state index is 5.65. The Labute approximate surface area is 299 Å². The molecule has 236 valence electrons. The van der Waals surface area contributed by atoms with Crippen molar-refractivity contribution in [2.75, 3.05) is 0 Å². The minimum atomic E-state index is 0.735. The van der Waals surface area contributed by atoms with E-state index in [2.05, 4.69) is 156 Å². The van der Waals surface area contributed by atoms with Gasteiger partial charge in [-0.25, -0.2) is 9.97 Å². The highest BCUT2D eigenvalue weighted by atomic mass is 32.1. The third kappa shape index (κ3) is 3.77. The van der Waals surface area contributed by atoms with Gasteiger partial charge in [-0.1, -0.05) is 133 Å². The number of thiophene rings is 2. The van der Waals surface area contributed by atoms with E-state index in [0.717, 1.165) is 27.4 Å². The van der Waals surface area contributed by atoms with Gasteiger partial charge in [-0.3, -0.25) is 4.57 Å². The van der Waals surface area contributed by atoms with Gasteiger partial charge < -0.3 is 0 Å². The second-order valence-electron chi connectivity index (χ2n) is 13.3. The van der Waals surface area contributed by atoms with Crippen LogP contribution in [0.5, 0.6) is 0 Å². The Morgan fingerprint density at radius 2 is 1.02 bits per heavy atom. The van der Waals surface area contributed by atoms with Gasteiger partial charge in [0.15, 0.2) is 11.6 Å². The van der Waals surface area contributed by atoms with Crippen molar-refractivity contribution < 1.29 is 0 Å². The normalized spacial score (nSPS) is 12.3. The molecule has 4 aromatic heterocycles. The van der Waals surface area contributed by atoms with Crippen molar-refractivity contribution in [1.29, 1.82) is 0 Å². The molecule has 0 fully saturated rings. The fourth-order valence-electron chi connectivity index (χ4n) is 8.37. The summed E-state index contributed by atoms with van der Waals surface area (Å²) in [4.78, 5) is 12.0. The highest BCUT2D eigenvalue weighted by molar-refractivity contribution is 7.27. The minimum Gasteiger partial charge on any atom is -0.291 e. The van der Waals surface area contributed by atoms with Crippen LogP contribution in [0.3, 0.4) is 0 Å². The van der Waals surface area contributed by atoms with Crippen LogP contribution in [0.4, 0.5) is 0 Å². The van der Waals surface area contributed by atoms with Crippen molar-refractivity contribution in [2.45, 2.75) is 0 Å². The van der Waals surface area contributed by atoms with Crippen LogP contribution in [-0.2, 0) is 0 Å². The molecule has 4 heterocycles. The highest BCUT2D eigenvalue weighted by Gasteiger charge is 2.26. The molecular weight excluding hydrogens is 659 g/mol. The standard InChI is InChI=1S/C46H25N3S2/c1-2-13-28-25-29(22-21-26(28)11-1)44-47-45(40-34-18-8-10-20-37(34)51-46(40)48-44)49-41-30-14-4-3-12-27(30)23-24-35(41)38-31-15-5-6-16-32(31)39-33-17-7-9-19-36(33)50-43(39)42(38)49/h1-25H. The molecule has 0 amide bonds. The lowest BCUT2D eigenvalue weighted by atomic mass is 9.98. The van der Waals surface area contributed by atoms with Gasteiger partial charge in [0.1, 0.15) is 4.83 Å². The summed E-state index contributed by atoms with van der Waals surface area (Å²) in [5.74, 6) is 1.66. The van der Waals surface area contributed by atoms with Gasteiger partial charge in [0.2, 0.25) is 0 Å². The summed E-state index contributed by atoms with van der Waals surface area (Å²) in [6, 6.07) is 55.0. The van der Waals surface area contributed by atoms with E-state index in [-0.39, 0.29) is 0 Å². The summed E-state index contributed by atoms with van der Waals surface area (Å²) < 4.78 is 6.29. The van der Waals surface area contributed by atoms with E-state index in [1.54, 1.807) is 11.3 Å². The molecule has 0 aliphatic heterocycles. The van der Waals surface area contributed by atoms with Crippen molar-refractivity contribution in [1.82, 2.24) is 14.5 Å². The molecule has 0 spiro atoms. The molecule has 0 atom stereocenters. The molecular formula is C46H25N3S2. The van der Waals surface area contributed by atoms with E-state index in [1.807, 2.05) is 11.3 Å². The average molecular weight is 684 g/mol. The molecule has 0 unspecified atom stereocenters. The molecule has 0 N–H and O–H groups in total. The number of rotatable bonds is 2. The molecule has 0 bridgehead atoms. The van der Waals surface area contributed by atoms with Crippen LogP contribution >= 0.6 is 22.7 Å². The third-order valence-corrected chi connectivity index (χ3v) is 12.8. The van der Waals surface area contributed by atoms with Crippen LogP contribution in [0.15, 0.2) is 152 Å². The molecule has 0 aliphatic rings. The van der Waals surface area contributed by atoms with Crippen LogP contribution in [0.2, 0.25) is 0 Å². The van der Waals surface area contributed by atoms with E-state index in [1.165, 1.54) is 84.4 Å². The predicted molar refractivity (Wildman–Crippen MR) is 220 cm³/mol. The van der Waals surface area contributed by atoms with Crippen molar-refractivity contribution in [3.63, 3.8) is 0 Å². The second kappa shape index (κ2) is 10.2. The van der Waals surface area contributed by atoms with Crippen LogP contribution in [0, 0.1) is 0 Å². The molecule has 0 radical (unpaired) electrons. The first-order valence-corrected chi connectivity index (χ1v) is 18.8. The molecule has 51 heavy (non-hydrogen) atoms. The van der Waals surface area contributed by atoms with Crippen LogP contribution in [0.25, 0.3) is 112 Å². The number of benzene rings is 8. The van der Waals surface area contributed by atoms with E-state index in [0.29, 0.717) is 0 Å². The summed E-state index contributed by atoms with van der Waals surface area (Å²) in [5.41, 5.74) is 3.39. The first-order valence-electron chi connectivity index (χ1n) is 17.2. The smallest absolute Gasteiger partial charge is 0.163 e. The lowest BCUT2D eigenvalue weighted by Crippen LogP contribution is -2.02. The Morgan fingerprint density at radius 3 is 1.82 bits per heavy atom. The molecule has 0 saturated heterocycles. The Balaban J connectivity index is 1.36. The van der Waals surface area contributed by atoms with Gasteiger partial charge in [0, 0.05) is 47.3 Å². The molecule has 3 nitrogen and oxygen atoms in total. The minimum absolute atomic E-state index is 0.735. The van der Waals surface area contributed by atoms with E-state index in [9.17, 15) is 0 Å². The van der Waals surface area contributed by atoms with E-state index in [4.69, 9.17) is 9.97 Å². The number of hydrogen-bond acceptors (Lipinski definition) is 4. The zero-order chi connectivity index (χ0) is 33.2. The molecule has 0 saturated carbocycles. The fraction of sp³-hybridized carbons (Fsp3) is 0. The largest absolute Gasteiger partial charge is 0.291 e. The maximum absolute atomic E-state index is 5.65. The predicted octanol–water partition coefficient (Wildman–Crippen LogP) is 13.4. The summed E-state index contributed by atoms with van der Waals surface area (Å²) in [6.07, 6.45) is 0. The first-order chi connectivity index (χ1) is 25.3. The molecule has 5 heteroatoms. The zero-order valence-electron chi connectivity index (χ0n) is 27.1. The van der Waals surface area contributed by atoms with Crippen molar-refractivity contribution in [2.24, 2.45) is 0 Å². The molecule has 0 aliphatic carbocycles. The molecule has 8 aromatic carbocycles. The average Bonchev–Trinajstić information content (AvgIpc) is 3.88. The fourth-order valence-corrected chi connectivity index (χ4v) is 10.7. The Kier molecular flexibility index (Phi) is 5.53. The quantitative estimate of drug-likeness (QED) is 0.182. The van der Waals surface area contributed by atoms with E-state index >= 15 is 0 Å². The van der Waals surface area contributed by atoms with Crippen LogP contribution in [0.1, 0.15) is 0 Å². The van der Waals surface area contributed by atoms with Gasteiger partial charge >= 0.3 is 0 Å². The second-order valence-corrected chi connectivity index (χ2v) is 15.4. The Hall–Kier alpha value is -6.14. The Bertz CT molecular complexity index is 3440. The monoisotopic (exact) mass is 683 g/mol. The van der Waals surface area contributed by atoms with Gasteiger partial charge in [-0.05, 0) is 45.1 Å². The summed E-state index contributed by atoms with van der Waals surface area (Å²) in [6.45, 7) is 0. The number of nitrogens with zero attached hydrogens (tertiary/aromatic N) is 3. The topological polar surface area (TPSA) is 30.7 Å². The summed E-state index contributed by atoms with van der Waals surface area (Å²) in [5, 5.41) is 14.7. The third-order valence-electron chi connectivity index (χ3n) is 10.6. The van der Waals surface area contributed by atoms with Crippen molar-refractivity contribution in [3.05, 3.63) is 152 Å². The van der Waals surface area contributed by atoms with Gasteiger partial charge in [0.05, 0.1) is 21.1 Å². The SMILES string of the molecule is c1ccc2cc(-c3nc(-n4c5c6ccccc6ccc5c5c6ccccc6c6c7ccccc7sc6c54)c4c(n3)sc3ccccc34)ccc2c1. The van der Waals surface area contributed by atoms with Gasteiger partial charge in [-0.2, -0.15) is 0 Å². The molecule has 12 rings (SSSR count). The highest BCUT2D eigenvalue weighted by Crippen LogP contribution is 2.50. The van der Waals surface area contributed by atoms with Crippen molar-refractivity contribution >= 4 is 117 Å². The van der Waals surface area contributed by atoms with Gasteiger partial charge in [0.25, 0.3) is 0 Å². The van der Waals surface area contributed by atoms with Crippen LogP contribution in [-0.4, -0.2) is 14.5 Å². The number of aromatic nitrogens is 3. The van der Waals surface area contributed by atoms with E-state index < -0.39 is 0 Å². The maximum Gasteiger partial charge on any atom is 0.163 e. The summed E-state index contributed by atoms with van der Waals surface area (Å²) >= 11 is 3.64. The van der Waals surface area contributed by atoms with Crippen molar-refractivity contribution in [3.8, 4) is 17.2 Å². The van der Waals surface area contributed by atoms with Gasteiger partial charge in [-0.15, -0.1) is 22.7 Å². The Morgan fingerprint density at radius 1 is 0.412 bits per heavy atom. The first kappa shape index (κ1) is 27.7. The van der Waals surface area contributed by atoms with Crippen LogP contribution < -0.4 is 0 Å². The lowest BCUT2D eigenvalue weighted by molar-refractivity contribution is 1.09. The lowest BCUT2D eigenvalue weighted by Gasteiger charge is -2.13. The summed E-state index contributed by atoms with van der Waals surface area (Å²) in [7, 11) is 0. The molecule has 12 aromatic rings. The number of hydrogen-bond donors (Lipinski definition) is 0.